The van der Waals surface area contributed by atoms with Crippen LogP contribution in [0.1, 0.15) is 37.3 Å². The van der Waals surface area contributed by atoms with E-state index in [2.05, 4.69) is 6.92 Å². The Morgan fingerprint density at radius 2 is 1.92 bits per heavy atom. The highest BCUT2D eigenvalue weighted by Crippen LogP contribution is 2.32. The lowest BCUT2D eigenvalue weighted by atomic mass is 9.99. The van der Waals surface area contributed by atoms with Crippen LogP contribution in [-0.4, -0.2) is 45.6 Å². The van der Waals surface area contributed by atoms with Crippen molar-refractivity contribution in [2.45, 2.75) is 33.1 Å². The van der Waals surface area contributed by atoms with Crippen LogP contribution >= 0.6 is 24.0 Å². The van der Waals surface area contributed by atoms with Crippen LogP contribution in [0.15, 0.2) is 29.2 Å². The molecule has 0 unspecified atom stereocenters. The molecular formula is C20H24N2O2S2. The normalized spacial score (nSPS) is 20.3. The van der Waals surface area contributed by atoms with Gasteiger partial charge in [0.15, 0.2) is 0 Å². The summed E-state index contributed by atoms with van der Waals surface area (Å²) in [6.45, 7) is 6.27. The first-order valence-electron chi connectivity index (χ1n) is 9.04. The van der Waals surface area contributed by atoms with Crippen LogP contribution in [-0.2, 0) is 9.59 Å². The fourth-order valence-electron chi connectivity index (χ4n) is 3.13. The Hall–Kier alpha value is -1.66. The average Bonchev–Trinajstić information content (AvgIpc) is 2.89. The van der Waals surface area contributed by atoms with Crippen molar-refractivity contribution >= 4 is 46.2 Å². The summed E-state index contributed by atoms with van der Waals surface area (Å²) in [5, 5.41) is 0. The number of hydrogen-bond donors (Lipinski definition) is 0. The predicted molar refractivity (Wildman–Crippen MR) is 111 cm³/mol. The van der Waals surface area contributed by atoms with Gasteiger partial charge in [-0.05, 0) is 37.3 Å². The van der Waals surface area contributed by atoms with E-state index >= 15 is 0 Å². The lowest BCUT2D eigenvalue weighted by molar-refractivity contribution is -0.133. The lowest BCUT2D eigenvalue weighted by Crippen LogP contribution is -2.40. The Morgan fingerprint density at radius 1 is 1.27 bits per heavy atom. The van der Waals surface area contributed by atoms with Crippen molar-refractivity contribution in [2.24, 2.45) is 5.92 Å². The van der Waals surface area contributed by atoms with Gasteiger partial charge in [-0.3, -0.25) is 14.5 Å². The molecule has 26 heavy (non-hydrogen) atoms. The first-order chi connectivity index (χ1) is 12.4. The van der Waals surface area contributed by atoms with Crippen molar-refractivity contribution < 1.29 is 9.59 Å². The second-order valence-corrected chi connectivity index (χ2v) is 8.73. The van der Waals surface area contributed by atoms with Crippen molar-refractivity contribution in [2.75, 3.05) is 19.6 Å². The first-order valence-corrected chi connectivity index (χ1v) is 10.3. The molecular weight excluding hydrogens is 364 g/mol. The molecule has 0 saturated carbocycles. The average molecular weight is 389 g/mol. The topological polar surface area (TPSA) is 40.6 Å². The van der Waals surface area contributed by atoms with E-state index in [1.807, 2.05) is 42.2 Å². The number of nitrogens with zero attached hydrogens (tertiary/aromatic N) is 2. The second-order valence-electron chi connectivity index (χ2n) is 7.06. The van der Waals surface area contributed by atoms with E-state index in [4.69, 9.17) is 12.2 Å². The third-order valence-electron chi connectivity index (χ3n) is 4.93. The van der Waals surface area contributed by atoms with Crippen molar-refractivity contribution in [3.63, 3.8) is 0 Å². The molecule has 4 nitrogen and oxygen atoms in total. The molecule has 2 aliphatic heterocycles. The third kappa shape index (κ3) is 4.54. The number of rotatable bonds is 4. The lowest BCUT2D eigenvalue weighted by Gasteiger charge is -2.30. The summed E-state index contributed by atoms with van der Waals surface area (Å²) in [7, 11) is 0. The summed E-state index contributed by atoms with van der Waals surface area (Å²) in [5.41, 5.74) is 2.16. The molecule has 2 saturated heterocycles. The second kappa shape index (κ2) is 8.35. The molecule has 6 heteroatoms. The third-order valence-corrected chi connectivity index (χ3v) is 6.31. The SMILES string of the molecule is Cc1ccc(/C=C2/SC(=S)N(CCC(=O)N3CCC(C)CC3)C2=O)cc1. The molecule has 2 heterocycles. The maximum atomic E-state index is 12.6. The van der Waals surface area contributed by atoms with Crippen molar-refractivity contribution in [3.8, 4) is 0 Å². The van der Waals surface area contributed by atoms with E-state index in [0.717, 1.165) is 31.5 Å². The van der Waals surface area contributed by atoms with Gasteiger partial charge >= 0.3 is 0 Å². The maximum absolute atomic E-state index is 12.6. The van der Waals surface area contributed by atoms with Crippen molar-refractivity contribution in [1.82, 2.24) is 9.80 Å². The zero-order chi connectivity index (χ0) is 18.7. The zero-order valence-electron chi connectivity index (χ0n) is 15.2. The largest absolute Gasteiger partial charge is 0.343 e. The highest BCUT2D eigenvalue weighted by molar-refractivity contribution is 8.26. The van der Waals surface area contributed by atoms with Crippen molar-refractivity contribution in [1.29, 1.82) is 0 Å². The predicted octanol–water partition coefficient (Wildman–Crippen LogP) is 3.84. The molecule has 0 aromatic heterocycles. The van der Waals surface area contributed by atoms with E-state index in [-0.39, 0.29) is 11.8 Å². The van der Waals surface area contributed by atoms with E-state index < -0.39 is 0 Å². The number of thiocarbonyl (C=S) groups is 1. The standard InChI is InChI=1S/C20H24N2O2S2/c1-14-3-5-16(6-4-14)13-17-19(24)22(20(25)26-17)12-9-18(23)21-10-7-15(2)8-11-21/h3-6,13,15H,7-12H2,1-2H3/b17-13+. The molecule has 0 spiro atoms. The molecule has 1 aromatic carbocycles. The summed E-state index contributed by atoms with van der Waals surface area (Å²) in [6, 6.07) is 8.01. The van der Waals surface area contributed by atoms with E-state index in [1.54, 1.807) is 4.90 Å². The van der Waals surface area contributed by atoms with Crippen LogP contribution in [0.3, 0.4) is 0 Å². The number of hydrogen-bond acceptors (Lipinski definition) is 4. The summed E-state index contributed by atoms with van der Waals surface area (Å²) < 4.78 is 0.536. The van der Waals surface area contributed by atoms with Gasteiger partial charge < -0.3 is 4.90 Å². The molecule has 0 bridgehead atoms. The number of amides is 2. The monoisotopic (exact) mass is 388 g/mol. The Kier molecular flexibility index (Phi) is 6.14. The van der Waals surface area contributed by atoms with E-state index in [9.17, 15) is 9.59 Å². The number of carbonyl (C=O) groups is 2. The van der Waals surface area contributed by atoms with E-state index in [0.29, 0.717) is 28.1 Å². The fraction of sp³-hybridized carbons (Fsp3) is 0.450. The van der Waals surface area contributed by atoms with Gasteiger partial charge in [-0.1, -0.05) is 60.7 Å². The smallest absolute Gasteiger partial charge is 0.266 e. The Balaban J connectivity index is 1.59. The molecule has 0 radical (unpaired) electrons. The van der Waals surface area contributed by atoms with Gasteiger partial charge in [0.1, 0.15) is 4.32 Å². The highest BCUT2D eigenvalue weighted by Gasteiger charge is 2.32. The molecule has 1 aromatic rings. The molecule has 0 aliphatic carbocycles. The van der Waals surface area contributed by atoms with Crippen LogP contribution in [0.2, 0.25) is 0 Å². The summed E-state index contributed by atoms with van der Waals surface area (Å²) in [4.78, 5) is 29.1. The van der Waals surface area contributed by atoms with Gasteiger partial charge in [0.25, 0.3) is 5.91 Å². The summed E-state index contributed by atoms with van der Waals surface area (Å²) in [5.74, 6) is 0.715. The van der Waals surface area contributed by atoms with Crippen LogP contribution in [0.4, 0.5) is 0 Å². The van der Waals surface area contributed by atoms with Crippen LogP contribution in [0.25, 0.3) is 6.08 Å². The molecule has 0 N–H and O–H groups in total. The number of carbonyl (C=O) groups excluding carboxylic acids is 2. The Morgan fingerprint density at radius 3 is 2.58 bits per heavy atom. The number of likely N-dealkylation sites (tertiary alicyclic amines) is 1. The molecule has 2 amide bonds. The Bertz CT molecular complexity index is 735. The molecule has 138 valence electrons. The number of thioether (sulfide) groups is 1. The minimum atomic E-state index is -0.0966. The van der Waals surface area contributed by atoms with Crippen LogP contribution < -0.4 is 0 Å². The van der Waals surface area contributed by atoms with Gasteiger partial charge in [0.2, 0.25) is 5.91 Å². The van der Waals surface area contributed by atoms with Gasteiger partial charge in [0.05, 0.1) is 4.91 Å². The summed E-state index contributed by atoms with van der Waals surface area (Å²) >= 11 is 6.67. The summed E-state index contributed by atoms with van der Waals surface area (Å²) in [6.07, 6.45) is 4.32. The van der Waals surface area contributed by atoms with E-state index in [1.165, 1.54) is 17.3 Å². The van der Waals surface area contributed by atoms with Gasteiger partial charge in [-0.15, -0.1) is 0 Å². The van der Waals surface area contributed by atoms with Gasteiger partial charge in [-0.25, -0.2) is 0 Å². The zero-order valence-corrected chi connectivity index (χ0v) is 16.9. The highest BCUT2D eigenvalue weighted by atomic mass is 32.2. The number of aryl methyl sites for hydroxylation is 1. The molecule has 2 aliphatic rings. The minimum Gasteiger partial charge on any atom is -0.343 e. The van der Waals surface area contributed by atoms with Gasteiger partial charge in [-0.2, -0.15) is 0 Å². The fourth-order valence-corrected chi connectivity index (χ4v) is 4.44. The molecule has 0 atom stereocenters. The quantitative estimate of drug-likeness (QED) is 0.580. The molecule has 2 fully saturated rings. The number of piperidine rings is 1. The Labute approximate surface area is 164 Å². The minimum absolute atomic E-state index is 0.0966. The van der Waals surface area contributed by atoms with Crippen molar-refractivity contribution in [3.05, 3.63) is 40.3 Å². The molecule has 3 rings (SSSR count). The first kappa shape index (κ1) is 19.1. The van der Waals surface area contributed by atoms with Gasteiger partial charge in [0, 0.05) is 26.1 Å². The van der Waals surface area contributed by atoms with Crippen LogP contribution in [0.5, 0.6) is 0 Å². The number of benzene rings is 1. The van der Waals surface area contributed by atoms with Crippen LogP contribution in [0, 0.1) is 12.8 Å². The maximum Gasteiger partial charge on any atom is 0.266 e.